The Bertz CT molecular complexity index is 546. The standard InChI is InChI=1S/C17H21FN2O/c1-2-3-11-21-17-12-15(18)10-9-14(17)13-19-20-16-7-5-4-6-8-16/h4-10,12,19-20H,2-3,11,13H2,1H3. The highest BCUT2D eigenvalue weighted by atomic mass is 19.1. The summed E-state index contributed by atoms with van der Waals surface area (Å²) in [4.78, 5) is 0. The van der Waals surface area contributed by atoms with Crippen molar-refractivity contribution in [2.45, 2.75) is 26.3 Å². The van der Waals surface area contributed by atoms with Crippen LogP contribution < -0.4 is 15.6 Å². The van der Waals surface area contributed by atoms with Gasteiger partial charge in [0.15, 0.2) is 0 Å². The van der Waals surface area contributed by atoms with E-state index in [-0.39, 0.29) is 5.82 Å². The van der Waals surface area contributed by atoms with E-state index in [0.717, 1.165) is 24.1 Å². The summed E-state index contributed by atoms with van der Waals surface area (Å²) in [6, 6.07) is 14.5. The summed E-state index contributed by atoms with van der Waals surface area (Å²) in [5.74, 6) is 0.326. The molecule has 0 radical (unpaired) electrons. The van der Waals surface area contributed by atoms with Crippen LogP contribution in [0.5, 0.6) is 5.75 Å². The highest BCUT2D eigenvalue weighted by Crippen LogP contribution is 2.20. The Balaban J connectivity index is 1.92. The molecule has 0 atom stereocenters. The molecule has 2 N–H and O–H groups in total. The summed E-state index contributed by atoms with van der Waals surface area (Å²) >= 11 is 0. The van der Waals surface area contributed by atoms with Crippen LogP contribution in [0.4, 0.5) is 10.1 Å². The fourth-order valence-electron chi connectivity index (χ4n) is 1.90. The Morgan fingerprint density at radius 2 is 1.90 bits per heavy atom. The zero-order valence-corrected chi connectivity index (χ0v) is 12.2. The zero-order valence-electron chi connectivity index (χ0n) is 12.2. The quantitative estimate of drug-likeness (QED) is 0.566. The molecular weight excluding hydrogens is 267 g/mol. The summed E-state index contributed by atoms with van der Waals surface area (Å²) in [6.45, 7) is 3.26. The van der Waals surface area contributed by atoms with Crippen LogP contribution in [0, 0.1) is 5.82 Å². The second-order valence-corrected chi connectivity index (χ2v) is 4.80. The average Bonchev–Trinajstić information content (AvgIpc) is 2.51. The van der Waals surface area contributed by atoms with Crippen molar-refractivity contribution in [2.24, 2.45) is 0 Å². The molecule has 0 aromatic heterocycles. The minimum atomic E-state index is -0.277. The Kier molecular flexibility index (Phi) is 6.03. The summed E-state index contributed by atoms with van der Waals surface area (Å²) < 4.78 is 19.0. The zero-order chi connectivity index (χ0) is 14.9. The van der Waals surface area contributed by atoms with E-state index in [0.29, 0.717) is 18.9 Å². The van der Waals surface area contributed by atoms with Crippen LogP contribution in [0.2, 0.25) is 0 Å². The molecule has 0 heterocycles. The minimum absolute atomic E-state index is 0.277. The Labute approximate surface area is 125 Å². The van der Waals surface area contributed by atoms with Gasteiger partial charge in [-0.05, 0) is 24.6 Å². The molecule has 0 saturated heterocycles. The van der Waals surface area contributed by atoms with Crippen molar-refractivity contribution in [3.8, 4) is 5.75 Å². The smallest absolute Gasteiger partial charge is 0.126 e. The van der Waals surface area contributed by atoms with Crippen LogP contribution in [0.15, 0.2) is 48.5 Å². The number of benzene rings is 2. The lowest BCUT2D eigenvalue weighted by atomic mass is 10.2. The fourth-order valence-corrected chi connectivity index (χ4v) is 1.90. The fraction of sp³-hybridized carbons (Fsp3) is 0.294. The molecular formula is C17H21FN2O. The van der Waals surface area contributed by atoms with Gasteiger partial charge in [-0.15, -0.1) is 0 Å². The first-order valence-electron chi connectivity index (χ1n) is 7.24. The molecule has 0 bridgehead atoms. The van der Waals surface area contributed by atoms with Crippen molar-refractivity contribution < 1.29 is 9.13 Å². The Hall–Kier alpha value is -2.07. The maximum absolute atomic E-state index is 13.3. The van der Waals surface area contributed by atoms with E-state index < -0.39 is 0 Å². The number of anilines is 1. The van der Waals surface area contributed by atoms with Gasteiger partial charge in [-0.2, -0.15) is 0 Å². The summed E-state index contributed by atoms with van der Waals surface area (Å²) in [6.07, 6.45) is 2.02. The molecule has 112 valence electrons. The molecule has 21 heavy (non-hydrogen) atoms. The highest BCUT2D eigenvalue weighted by molar-refractivity contribution is 5.41. The monoisotopic (exact) mass is 288 g/mol. The number of unbranched alkanes of at least 4 members (excludes halogenated alkanes) is 1. The van der Waals surface area contributed by atoms with Gasteiger partial charge in [-0.25, -0.2) is 9.82 Å². The number of ether oxygens (including phenoxy) is 1. The van der Waals surface area contributed by atoms with Crippen molar-refractivity contribution in [2.75, 3.05) is 12.0 Å². The van der Waals surface area contributed by atoms with Crippen LogP contribution in [0.1, 0.15) is 25.3 Å². The normalized spacial score (nSPS) is 10.4. The van der Waals surface area contributed by atoms with Crippen molar-refractivity contribution in [1.29, 1.82) is 0 Å². The molecule has 4 heteroatoms. The molecule has 0 amide bonds. The molecule has 0 aliphatic carbocycles. The Morgan fingerprint density at radius 1 is 1.10 bits per heavy atom. The van der Waals surface area contributed by atoms with Gasteiger partial charge in [0.05, 0.1) is 6.61 Å². The number of hydrogen-bond donors (Lipinski definition) is 2. The van der Waals surface area contributed by atoms with E-state index in [2.05, 4.69) is 17.8 Å². The first-order chi connectivity index (χ1) is 10.3. The lowest BCUT2D eigenvalue weighted by Crippen LogP contribution is -2.21. The summed E-state index contributed by atoms with van der Waals surface area (Å²) in [7, 11) is 0. The number of para-hydroxylation sites is 1. The van der Waals surface area contributed by atoms with E-state index in [1.165, 1.54) is 12.1 Å². The lowest BCUT2D eigenvalue weighted by Gasteiger charge is -2.13. The second kappa shape index (κ2) is 8.27. The maximum Gasteiger partial charge on any atom is 0.126 e. The minimum Gasteiger partial charge on any atom is -0.493 e. The molecule has 0 aliphatic heterocycles. The van der Waals surface area contributed by atoms with Gasteiger partial charge < -0.3 is 10.2 Å². The van der Waals surface area contributed by atoms with Crippen LogP contribution in [-0.4, -0.2) is 6.61 Å². The van der Waals surface area contributed by atoms with E-state index in [9.17, 15) is 4.39 Å². The van der Waals surface area contributed by atoms with Crippen LogP contribution in [0.25, 0.3) is 0 Å². The molecule has 0 spiro atoms. The van der Waals surface area contributed by atoms with E-state index >= 15 is 0 Å². The molecule has 0 fully saturated rings. The van der Waals surface area contributed by atoms with E-state index in [4.69, 9.17) is 4.74 Å². The SMILES string of the molecule is CCCCOc1cc(F)ccc1CNNc1ccccc1. The third-order valence-corrected chi connectivity index (χ3v) is 3.07. The van der Waals surface area contributed by atoms with E-state index in [1.54, 1.807) is 6.07 Å². The third-order valence-electron chi connectivity index (χ3n) is 3.07. The van der Waals surface area contributed by atoms with Crippen LogP contribution in [-0.2, 0) is 6.54 Å². The summed E-state index contributed by atoms with van der Waals surface area (Å²) in [5.41, 5.74) is 8.13. The number of rotatable bonds is 8. The van der Waals surface area contributed by atoms with Gasteiger partial charge in [0.25, 0.3) is 0 Å². The largest absolute Gasteiger partial charge is 0.493 e. The van der Waals surface area contributed by atoms with Crippen molar-refractivity contribution >= 4 is 5.69 Å². The number of halogens is 1. The third kappa shape index (κ3) is 5.08. The van der Waals surface area contributed by atoms with Gasteiger partial charge in [0, 0.05) is 23.9 Å². The number of nitrogens with one attached hydrogen (secondary N) is 2. The van der Waals surface area contributed by atoms with Gasteiger partial charge in [-0.1, -0.05) is 37.6 Å². The van der Waals surface area contributed by atoms with Gasteiger partial charge in [0.2, 0.25) is 0 Å². The van der Waals surface area contributed by atoms with Crippen molar-refractivity contribution in [3.05, 3.63) is 59.9 Å². The van der Waals surface area contributed by atoms with Crippen LogP contribution >= 0.6 is 0 Å². The average molecular weight is 288 g/mol. The highest BCUT2D eigenvalue weighted by Gasteiger charge is 2.05. The Morgan fingerprint density at radius 3 is 2.67 bits per heavy atom. The summed E-state index contributed by atoms with van der Waals surface area (Å²) in [5, 5.41) is 0. The molecule has 2 aromatic rings. The maximum atomic E-state index is 13.3. The van der Waals surface area contributed by atoms with Gasteiger partial charge in [-0.3, -0.25) is 0 Å². The predicted octanol–water partition coefficient (Wildman–Crippen LogP) is 4.12. The van der Waals surface area contributed by atoms with Crippen molar-refractivity contribution in [1.82, 2.24) is 5.43 Å². The molecule has 0 aliphatic rings. The van der Waals surface area contributed by atoms with Crippen LogP contribution in [0.3, 0.4) is 0 Å². The molecule has 0 saturated carbocycles. The second-order valence-electron chi connectivity index (χ2n) is 4.80. The van der Waals surface area contributed by atoms with Gasteiger partial charge >= 0.3 is 0 Å². The topological polar surface area (TPSA) is 33.3 Å². The first kappa shape index (κ1) is 15.3. The molecule has 3 nitrogen and oxygen atoms in total. The molecule has 2 aromatic carbocycles. The lowest BCUT2D eigenvalue weighted by molar-refractivity contribution is 0.304. The molecule has 0 unspecified atom stereocenters. The molecule has 2 rings (SSSR count). The van der Waals surface area contributed by atoms with Gasteiger partial charge in [0.1, 0.15) is 11.6 Å². The number of hydrogen-bond acceptors (Lipinski definition) is 3. The van der Waals surface area contributed by atoms with Crippen molar-refractivity contribution in [3.63, 3.8) is 0 Å². The predicted molar refractivity (Wildman–Crippen MR) is 83.7 cm³/mol. The first-order valence-corrected chi connectivity index (χ1v) is 7.24. The van der Waals surface area contributed by atoms with E-state index in [1.807, 2.05) is 30.3 Å². The number of hydrazine groups is 1.